The summed E-state index contributed by atoms with van der Waals surface area (Å²) in [6.45, 7) is 0. The number of nitrogens with one attached hydrogen (secondary N) is 1. The Balaban J connectivity index is 2.62. The second kappa shape index (κ2) is 5.26. The van der Waals surface area contributed by atoms with Crippen LogP contribution in [0.15, 0.2) is 33.8 Å². The van der Waals surface area contributed by atoms with Crippen LogP contribution < -0.4 is 5.43 Å². The summed E-state index contributed by atoms with van der Waals surface area (Å²) in [4.78, 5) is 21.4. The average molecular weight is 271 g/mol. The van der Waals surface area contributed by atoms with Crippen LogP contribution in [-0.2, 0) is 4.79 Å². The summed E-state index contributed by atoms with van der Waals surface area (Å²) < 4.78 is 0.855. The van der Waals surface area contributed by atoms with Crippen molar-refractivity contribution in [2.45, 2.75) is 0 Å². The van der Waals surface area contributed by atoms with E-state index in [9.17, 15) is 9.59 Å². The summed E-state index contributed by atoms with van der Waals surface area (Å²) in [5, 5.41) is 11.5. The van der Waals surface area contributed by atoms with Crippen LogP contribution in [0.25, 0.3) is 0 Å². The van der Waals surface area contributed by atoms with Gasteiger partial charge in [-0.15, -0.1) is 0 Å². The Kier molecular flexibility index (Phi) is 3.99. The fourth-order valence-electron chi connectivity index (χ4n) is 0.812. The molecule has 1 rings (SSSR count). The molecule has 0 fully saturated rings. The highest BCUT2D eigenvalue weighted by atomic mass is 79.9. The Labute approximate surface area is 93.9 Å². The van der Waals surface area contributed by atoms with E-state index >= 15 is 0 Å². The van der Waals surface area contributed by atoms with E-state index in [4.69, 9.17) is 5.11 Å². The Morgan fingerprint density at radius 1 is 1.33 bits per heavy atom. The zero-order chi connectivity index (χ0) is 11.3. The molecule has 15 heavy (non-hydrogen) atoms. The number of benzene rings is 1. The molecule has 5 nitrogen and oxygen atoms in total. The molecule has 0 atom stereocenters. The number of amides is 1. The van der Waals surface area contributed by atoms with Crippen LogP contribution in [0.4, 0.5) is 0 Å². The third-order valence-corrected chi connectivity index (χ3v) is 1.98. The largest absolute Gasteiger partial charge is 0.477 e. The molecule has 6 heteroatoms. The molecule has 0 spiro atoms. The molecule has 2 N–H and O–H groups in total. The smallest absolute Gasteiger partial charge is 0.348 e. The summed E-state index contributed by atoms with van der Waals surface area (Å²) in [6.07, 6.45) is 0.608. The first-order valence-electron chi connectivity index (χ1n) is 3.91. The molecule has 0 heterocycles. The van der Waals surface area contributed by atoms with E-state index in [1.165, 1.54) is 0 Å². The molecule has 0 unspecified atom stereocenters. The number of hydrogen-bond donors (Lipinski definition) is 2. The van der Waals surface area contributed by atoms with Gasteiger partial charge in [-0.3, -0.25) is 4.79 Å². The van der Waals surface area contributed by atoms with E-state index in [0.29, 0.717) is 11.8 Å². The van der Waals surface area contributed by atoms with Gasteiger partial charge in [0.2, 0.25) is 0 Å². The van der Waals surface area contributed by atoms with Crippen LogP contribution >= 0.6 is 15.9 Å². The van der Waals surface area contributed by atoms with Gasteiger partial charge < -0.3 is 5.11 Å². The third-order valence-electron chi connectivity index (χ3n) is 1.45. The lowest BCUT2D eigenvalue weighted by molar-refractivity contribution is -0.128. The Bertz CT molecular complexity index is 400. The van der Waals surface area contributed by atoms with Crippen molar-refractivity contribution in [2.75, 3.05) is 0 Å². The number of nitrogens with zero attached hydrogens (tertiary/aromatic N) is 1. The van der Waals surface area contributed by atoms with Crippen molar-refractivity contribution in [2.24, 2.45) is 5.10 Å². The molecule has 1 aromatic carbocycles. The standard InChI is InChI=1S/C9H7BrN2O3/c10-7-3-1-6(2-4-7)9(15)12-11-5-8(13)14/h1-5H,(H,12,15)(H,13,14). The van der Waals surface area contributed by atoms with Gasteiger partial charge in [-0.2, -0.15) is 5.10 Å². The van der Waals surface area contributed by atoms with Gasteiger partial charge >= 0.3 is 5.97 Å². The van der Waals surface area contributed by atoms with Crippen molar-refractivity contribution in [1.82, 2.24) is 5.43 Å². The van der Waals surface area contributed by atoms with Crippen molar-refractivity contribution >= 4 is 34.0 Å². The van der Waals surface area contributed by atoms with E-state index in [0.717, 1.165) is 4.47 Å². The molecule has 0 aliphatic rings. The Morgan fingerprint density at radius 3 is 2.47 bits per heavy atom. The van der Waals surface area contributed by atoms with Crippen LogP contribution in [-0.4, -0.2) is 23.2 Å². The Morgan fingerprint density at radius 2 is 1.93 bits per heavy atom. The summed E-state index contributed by atoms with van der Waals surface area (Å²) in [7, 11) is 0. The molecular weight excluding hydrogens is 264 g/mol. The molecule has 1 aromatic rings. The molecule has 0 aromatic heterocycles. The number of hydrogen-bond acceptors (Lipinski definition) is 3. The minimum Gasteiger partial charge on any atom is -0.477 e. The van der Waals surface area contributed by atoms with Gasteiger partial charge in [0.25, 0.3) is 5.91 Å². The third kappa shape index (κ3) is 3.90. The number of carboxylic acid groups (broad SMARTS) is 1. The maximum atomic E-state index is 11.3. The molecule has 0 saturated carbocycles. The summed E-state index contributed by atoms with van der Waals surface area (Å²) in [5.41, 5.74) is 2.49. The average Bonchev–Trinajstić information content (AvgIpc) is 2.18. The second-order valence-electron chi connectivity index (χ2n) is 2.54. The number of carbonyl (C=O) groups excluding carboxylic acids is 1. The first kappa shape index (κ1) is 11.4. The van der Waals surface area contributed by atoms with E-state index in [1.807, 2.05) is 0 Å². The van der Waals surface area contributed by atoms with Crippen molar-refractivity contribution in [1.29, 1.82) is 0 Å². The fraction of sp³-hybridized carbons (Fsp3) is 0. The lowest BCUT2D eigenvalue weighted by atomic mass is 10.2. The number of rotatable bonds is 3. The predicted octanol–water partition coefficient (Wildman–Crippen LogP) is 1.25. The van der Waals surface area contributed by atoms with E-state index in [1.54, 1.807) is 24.3 Å². The van der Waals surface area contributed by atoms with Gasteiger partial charge in [0, 0.05) is 10.0 Å². The van der Waals surface area contributed by atoms with Crippen LogP contribution in [0.1, 0.15) is 10.4 Å². The minimum absolute atomic E-state index is 0.403. The molecule has 0 radical (unpaired) electrons. The predicted molar refractivity (Wildman–Crippen MR) is 57.7 cm³/mol. The monoisotopic (exact) mass is 270 g/mol. The van der Waals surface area contributed by atoms with Gasteiger partial charge in [0.05, 0.1) is 0 Å². The number of aliphatic carboxylic acids is 1. The molecule has 78 valence electrons. The zero-order valence-electron chi connectivity index (χ0n) is 7.48. The van der Waals surface area contributed by atoms with E-state index in [-0.39, 0.29) is 0 Å². The molecule has 0 bridgehead atoms. The van der Waals surface area contributed by atoms with E-state index in [2.05, 4.69) is 26.5 Å². The maximum Gasteiger partial charge on any atom is 0.348 e. The molecule has 1 amide bonds. The van der Waals surface area contributed by atoms with Crippen LogP contribution in [0.3, 0.4) is 0 Å². The number of hydrazone groups is 1. The quantitative estimate of drug-likeness (QED) is 0.641. The van der Waals surface area contributed by atoms with Crippen molar-refractivity contribution in [3.63, 3.8) is 0 Å². The summed E-state index contributed by atoms with van der Waals surface area (Å²) >= 11 is 3.23. The lowest BCUT2D eigenvalue weighted by Crippen LogP contribution is -2.18. The molecule has 0 saturated heterocycles. The van der Waals surface area contributed by atoms with Crippen LogP contribution in [0, 0.1) is 0 Å². The van der Waals surface area contributed by atoms with Crippen molar-refractivity contribution in [3.05, 3.63) is 34.3 Å². The van der Waals surface area contributed by atoms with Gasteiger partial charge in [-0.1, -0.05) is 15.9 Å². The Hall–Kier alpha value is -1.69. The first-order chi connectivity index (χ1) is 7.09. The highest BCUT2D eigenvalue weighted by Gasteiger charge is 2.02. The second-order valence-corrected chi connectivity index (χ2v) is 3.46. The number of carboxylic acids is 1. The topological polar surface area (TPSA) is 78.8 Å². The van der Waals surface area contributed by atoms with Gasteiger partial charge in [0.1, 0.15) is 6.21 Å². The normalized spacial score (nSPS) is 10.2. The summed E-state index contributed by atoms with van der Waals surface area (Å²) in [6, 6.07) is 6.59. The molecule has 0 aliphatic carbocycles. The number of halogens is 1. The molecular formula is C9H7BrN2O3. The SMILES string of the molecule is O=C(O)C=NNC(=O)c1ccc(Br)cc1. The fourth-order valence-corrected chi connectivity index (χ4v) is 1.08. The van der Waals surface area contributed by atoms with Gasteiger partial charge in [-0.05, 0) is 24.3 Å². The molecule has 0 aliphatic heterocycles. The maximum absolute atomic E-state index is 11.3. The summed E-state index contributed by atoms with van der Waals surface area (Å²) in [5.74, 6) is -1.67. The highest BCUT2D eigenvalue weighted by Crippen LogP contribution is 2.10. The van der Waals surface area contributed by atoms with Crippen LogP contribution in [0.2, 0.25) is 0 Å². The first-order valence-corrected chi connectivity index (χ1v) is 4.71. The lowest BCUT2D eigenvalue weighted by Gasteiger charge is -1.98. The van der Waals surface area contributed by atoms with Crippen molar-refractivity contribution < 1.29 is 14.7 Å². The van der Waals surface area contributed by atoms with Crippen molar-refractivity contribution in [3.8, 4) is 0 Å². The van der Waals surface area contributed by atoms with E-state index < -0.39 is 11.9 Å². The minimum atomic E-state index is -1.22. The van der Waals surface area contributed by atoms with Crippen LogP contribution in [0.5, 0.6) is 0 Å². The number of carbonyl (C=O) groups is 2. The van der Waals surface area contributed by atoms with Gasteiger partial charge in [0.15, 0.2) is 0 Å². The highest BCUT2D eigenvalue weighted by molar-refractivity contribution is 9.10. The zero-order valence-corrected chi connectivity index (χ0v) is 9.06. The van der Waals surface area contributed by atoms with Gasteiger partial charge in [-0.25, -0.2) is 10.2 Å².